The minimum absolute atomic E-state index is 0.0872. The van der Waals surface area contributed by atoms with Gasteiger partial charge in [0.1, 0.15) is 12.4 Å². The van der Waals surface area contributed by atoms with E-state index in [1.807, 2.05) is 31.2 Å². The maximum atomic E-state index is 11.3. The minimum atomic E-state index is -0.344. The Morgan fingerprint density at radius 2 is 1.63 bits per heavy atom. The van der Waals surface area contributed by atoms with Gasteiger partial charge in [0.25, 0.3) is 0 Å². The van der Waals surface area contributed by atoms with Crippen molar-refractivity contribution in [2.24, 2.45) is 16.8 Å². The number of carbonyl (C=O) groups excluding carboxylic acids is 2. The third kappa shape index (κ3) is 13.2. The van der Waals surface area contributed by atoms with E-state index in [0.717, 1.165) is 36.0 Å². The third-order valence-electron chi connectivity index (χ3n) is 6.63. The summed E-state index contributed by atoms with van der Waals surface area (Å²) in [5.74, 6) is 1.25. The Morgan fingerprint density at radius 1 is 1.02 bits per heavy atom. The van der Waals surface area contributed by atoms with Crippen molar-refractivity contribution >= 4 is 18.2 Å². The van der Waals surface area contributed by atoms with Crippen LogP contribution in [-0.2, 0) is 31.9 Å². The van der Waals surface area contributed by atoms with Crippen LogP contribution in [-0.4, -0.2) is 86.6 Å². The third-order valence-corrected chi connectivity index (χ3v) is 6.63. The fraction of sp³-hybridized carbons (Fsp3) is 0.469. The molecule has 0 spiro atoms. The Kier molecular flexibility index (Phi) is 17.1. The van der Waals surface area contributed by atoms with Crippen LogP contribution in [0.5, 0.6) is 23.0 Å². The van der Waals surface area contributed by atoms with Crippen molar-refractivity contribution in [3.63, 3.8) is 0 Å². The number of allylic oxidation sites excluding steroid dienone is 1. The first-order valence-electron chi connectivity index (χ1n) is 14.1. The van der Waals surface area contributed by atoms with Crippen LogP contribution < -0.4 is 10.1 Å². The van der Waals surface area contributed by atoms with Crippen molar-refractivity contribution in [1.82, 2.24) is 10.2 Å². The maximum absolute atomic E-state index is 11.3. The highest BCUT2D eigenvalue weighted by Crippen LogP contribution is 2.31. The van der Waals surface area contributed by atoms with E-state index in [1.165, 1.54) is 18.1 Å². The molecule has 0 fully saturated rings. The van der Waals surface area contributed by atoms with Crippen LogP contribution >= 0.6 is 0 Å². The Morgan fingerprint density at radius 3 is 2.14 bits per heavy atom. The number of aromatic hydroxyl groups is 3. The van der Waals surface area contributed by atoms with Gasteiger partial charge in [0.15, 0.2) is 29.8 Å². The summed E-state index contributed by atoms with van der Waals surface area (Å²) >= 11 is 0. The number of benzene rings is 2. The Labute approximate surface area is 254 Å². The van der Waals surface area contributed by atoms with Crippen molar-refractivity contribution in [2.75, 3.05) is 48.2 Å². The number of hydrogen-bond acceptors (Lipinski definition) is 10. The standard InChI is InChI=1S/C20H26O5.C12H21N3O3/c1-13(8-15-4-6-17(21)19(23)10-15)14(2)9-16-5-7-18(22)20(11-16)25-12-24-3;1-5-6-10(8-18-11(17)7-13-2)12(14-3)15(4)9-16/h4-7,10-11,13-14,21-23H,8-9,12H2,1-3H3;6,9,13H,5,7-8H2,1-4H3/b;10-6-,14-12?/t13-,14?;/m1./s1. The lowest BCUT2D eigenvalue weighted by Gasteiger charge is -2.21. The number of amidine groups is 1. The zero-order valence-electron chi connectivity index (χ0n) is 26.3. The summed E-state index contributed by atoms with van der Waals surface area (Å²) in [6, 6.07) is 10.3. The molecule has 0 heterocycles. The lowest BCUT2D eigenvalue weighted by molar-refractivity contribution is -0.141. The van der Waals surface area contributed by atoms with Gasteiger partial charge in [-0.1, -0.05) is 39.0 Å². The number of aliphatic imine (C=N–C) groups is 1. The van der Waals surface area contributed by atoms with E-state index in [9.17, 15) is 24.9 Å². The summed E-state index contributed by atoms with van der Waals surface area (Å²) in [5, 5.41) is 31.6. The monoisotopic (exact) mass is 601 g/mol. The molecule has 1 amide bonds. The zero-order valence-corrected chi connectivity index (χ0v) is 26.3. The van der Waals surface area contributed by atoms with Crippen LogP contribution in [0.2, 0.25) is 0 Å². The van der Waals surface area contributed by atoms with Crippen LogP contribution in [0.15, 0.2) is 53.0 Å². The van der Waals surface area contributed by atoms with Gasteiger partial charge >= 0.3 is 5.97 Å². The van der Waals surface area contributed by atoms with Crippen LogP contribution in [0.3, 0.4) is 0 Å². The normalized spacial score (nSPS) is 12.9. The Bertz CT molecular complexity index is 1220. The highest BCUT2D eigenvalue weighted by Gasteiger charge is 2.16. The smallest absolute Gasteiger partial charge is 0.320 e. The first-order valence-corrected chi connectivity index (χ1v) is 14.1. The van der Waals surface area contributed by atoms with Crippen molar-refractivity contribution < 1.29 is 39.1 Å². The molecule has 0 aliphatic rings. The van der Waals surface area contributed by atoms with Crippen LogP contribution in [0, 0.1) is 11.8 Å². The minimum Gasteiger partial charge on any atom is -0.504 e. The number of rotatable bonds is 15. The Hall–Kier alpha value is -4.09. The predicted octanol–water partition coefficient (Wildman–Crippen LogP) is 4.05. The molecule has 4 N–H and O–H groups in total. The van der Waals surface area contributed by atoms with Gasteiger partial charge in [-0.05, 0) is 73.5 Å². The number of nitrogens with one attached hydrogen (secondary N) is 1. The SMILES string of the molecule is CC/C=C(/COC(=O)CNC)C(=NC)N(C)C=O.COCOc1cc(CC(C)[C@H](C)Cc2ccc(O)c(O)c2)ccc1O. The van der Waals surface area contributed by atoms with Gasteiger partial charge < -0.3 is 39.7 Å². The highest BCUT2D eigenvalue weighted by molar-refractivity contribution is 6.03. The van der Waals surface area contributed by atoms with E-state index in [2.05, 4.69) is 24.2 Å². The summed E-state index contributed by atoms with van der Waals surface area (Å²) < 4.78 is 15.3. The molecular weight excluding hydrogens is 554 g/mol. The summed E-state index contributed by atoms with van der Waals surface area (Å²) in [5.41, 5.74) is 2.79. The molecule has 0 saturated heterocycles. The van der Waals surface area contributed by atoms with E-state index in [0.29, 0.717) is 29.8 Å². The summed E-state index contributed by atoms with van der Waals surface area (Å²) in [6.07, 6.45) is 4.97. The molecule has 0 aliphatic heterocycles. The van der Waals surface area contributed by atoms with Gasteiger partial charge in [0, 0.05) is 26.8 Å². The molecule has 11 nitrogen and oxygen atoms in total. The summed E-state index contributed by atoms with van der Waals surface area (Å²) in [4.78, 5) is 27.4. The van der Waals surface area contributed by atoms with Crippen molar-refractivity contribution in [1.29, 1.82) is 0 Å². The average Bonchev–Trinajstić information content (AvgIpc) is 2.98. The van der Waals surface area contributed by atoms with Crippen molar-refractivity contribution in [3.05, 3.63) is 59.2 Å². The van der Waals surface area contributed by atoms with Crippen molar-refractivity contribution in [2.45, 2.75) is 40.0 Å². The number of carbonyl (C=O) groups is 2. The molecular formula is C32H47N3O8. The van der Waals surface area contributed by atoms with Gasteiger partial charge in [-0.25, -0.2) is 0 Å². The summed E-state index contributed by atoms with van der Waals surface area (Å²) in [6.45, 7) is 6.66. The second kappa shape index (κ2) is 19.9. The molecule has 2 aromatic rings. The highest BCUT2D eigenvalue weighted by atomic mass is 16.7. The second-order valence-electron chi connectivity index (χ2n) is 10.1. The van der Waals surface area contributed by atoms with Crippen LogP contribution in [0.25, 0.3) is 0 Å². The summed E-state index contributed by atoms with van der Waals surface area (Å²) in [7, 11) is 6.40. The van der Waals surface area contributed by atoms with Crippen LogP contribution in [0.4, 0.5) is 0 Å². The fourth-order valence-corrected chi connectivity index (χ4v) is 4.16. The molecule has 0 aliphatic carbocycles. The van der Waals surface area contributed by atoms with E-state index in [1.54, 1.807) is 33.3 Å². The quantitative estimate of drug-likeness (QED) is 0.0592. The lowest BCUT2D eigenvalue weighted by atomic mass is 9.85. The number of esters is 1. The topological polar surface area (TPSA) is 150 Å². The van der Waals surface area contributed by atoms with Gasteiger partial charge in [-0.2, -0.15) is 0 Å². The first-order chi connectivity index (χ1) is 20.5. The van der Waals surface area contributed by atoms with E-state index in [-0.39, 0.29) is 43.2 Å². The van der Waals surface area contributed by atoms with E-state index < -0.39 is 0 Å². The molecule has 1 unspecified atom stereocenters. The molecule has 2 rings (SSSR count). The molecule has 0 bridgehead atoms. The number of phenols is 3. The lowest BCUT2D eigenvalue weighted by Crippen LogP contribution is -2.30. The molecule has 0 saturated carbocycles. The van der Waals surface area contributed by atoms with Crippen molar-refractivity contribution in [3.8, 4) is 23.0 Å². The van der Waals surface area contributed by atoms with E-state index in [4.69, 9.17) is 14.2 Å². The van der Waals surface area contributed by atoms with Gasteiger partial charge in [-0.15, -0.1) is 0 Å². The van der Waals surface area contributed by atoms with Gasteiger partial charge in [0.2, 0.25) is 6.41 Å². The number of likely N-dealkylation sites (N-methyl/N-ethyl adjacent to an activating group) is 2. The molecule has 2 aromatic carbocycles. The first kappa shape index (κ1) is 36.9. The maximum Gasteiger partial charge on any atom is 0.320 e. The largest absolute Gasteiger partial charge is 0.504 e. The molecule has 2 atom stereocenters. The number of nitrogens with zero attached hydrogens (tertiary/aromatic N) is 2. The molecule has 0 radical (unpaired) electrons. The molecule has 238 valence electrons. The number of hydrogen-bond donors (Lipinski definition) is 4. The molecule has 11 heteroatoms. The second-order valence-corrected chi connectivity index (χ2v) is 10.1. The van der Waals surface area contributed by atoms with Gasteiger partial charge in [-0.3, -0.25) is 14.6 Å². The van der Waals surface area contributed by atoms with E-state index >= 15 is 0 Å². The fourth-order valence-electron chi connectivity index (χ4n) is 4.16. The zero-order chi connectivity index (χ0) is 32.4. The number of methoxy groups -OCH3 is 1. The number of phenolic OH excluding ortho intramolecular Hbond substituents is 3. The number of amides is 1. The van der Waals surface area contributed by atoms with Gasteiger partial charge in [0.05, 0.1) is 6.54 Å². The average molecular weight is 602 g/mol. The molecule has 0 aromatic heterocycles. The van der Waals surface area contributed by atoms with Crippen LogP contribution in [0.1, 0.15) is 38.3 Å². The number of ether oxygens (including phenoxy) is 3. The molecule has 43 heavy (non-hydrogen) atoms. The predicted molar refractivity (Wildman–Crippen MR) is 167 cm³/mol. The Balaban J connectivity index is 0.000000457.